The maximum Gasteiger partial charge on any atom is 0.0852 e. The highest BCUT2D eigenvalue weighted by molar-refractivity contribution is 5.36. The lowest BCUT2D eigenvalue weighted by Gasteiger charge is -2.45. The van der Waals surface area contributed by atoms with Gasteiger partial charge in [0.1, 0.15) is 0 Å². The Kier molecular flexibility index (Phi) is 4.04. The van der Waals surface area contributed by atoms with E-state index < -0.39 is 0 Å². The Balaban J connectivity index is 1.57. The molecule has 2 nitrogen and oxygen atoms in total. The van der Waals surface area contributed by atoms with Gasteiger partial charge >= 0.3 is 0 Å². The Morgan fingerprint density at radius 1 is 1.19 bits per heavy atom. The van der Waals surface area contributed by atoms with Gasteiger partial charge in [-0.3, -0.25) is 0 Å². The van der Waals surface area contributed by atoms with Crippen LogP contribution in [0, 0.1) is 16.7 Å². The summed E-state index contributed by atoms with van der Waals surface area (Å²) in [4.78, 5) is 0. The van der Waals surface area contributed by atoms with Crippen LogP contribution in [0.15, 0.2) is 30.3 Å². The molecule has 2 heteroatoms. The molecular weight excluding hydrogens is 256 g/mol. The Labute approximate surface area is 128 Å². The van der Waals surface area contributed by atoms with Crippen molar-refractivity contribution in [3.05, 3.63) is 35.9 Å². The van der Waals surface area contributed by atoms with Crippen molar-refractivity contribution in [1.82, 2.24) is 5.32 Å². The largest absolute Gasteiger partial charge is 0.313 e. The first-order chi connectivity index (χ1) is 10.2. The number of nitrogens with one attached hydrogen (secondary N) is 1. The zero-order chi connectivity index (χ0) is 14.8. The molecule has 0 heterocycles. The Morgan fingerprint density at radius 2 is 1.86 bits per heavy atom. The maximum atomic E-state index is 9.61. The number of benzene rings is 1. The van der Waals surface area contributed by atoms with Crippen molar-refractivity contribution >= 4 is 0 Å². The summed E-state index contributed by atoms with van der Waals surface area (Å²) in [7, 11) is 0. The van der Waals surface area contributed by atoms with Crippen LogP contribution in [-0.4, -0.2) is 12.6 Å². The number of hydrogen-bond acceptors (Lipinski definition) is 2. The topological polar surface area (TPSA) is 35.8 Å². The van der Waals surface area contributed by atoms with Crippen molar-refractivity contribution in [2.24, 2.45) is 5.41 Å². The smallest absolute Gasteiger partial charge is 0.0852 e. The summed E-state index contributed by atoms with van der Waals surface area (Å²) in [6.45, 7) is 3.47. The van der Waals surface area contributed by atoms with Gasteiger partial charge in [0.05, 0.1) is 11.5 Å². The molecule has 1 N–H and O–H groups in total. The summed E-state index contributed by atoms with van der Waals surface area (Å²) < 4.78 is 0. The summed E-state index contributed by atoms with van der Waals surface area (Å²) >= 11 is 0. The van der Waals surface area contributed by atoms with E-state index in [4.69, 9.17) is 0 Å². The fraction of sp³-hybridized carbons (Fsp3) is 0.632. The van der Waals surface area contributed by atoms with Crippen molar-refractivity contribution < 1.29 is 0 Å². The zero-order valence-electron chi connectivity index (χ0n) is 13.1. The predicted molar refractivity (Wildman–Crippen MR) is 85.9 cm³/mol. The molecule has 0 atom stereocenters. The molecule has 0 bridgehead atoms. The molecule has 0 spiro atoms. The Bertz CT molecular complexity index is 502. The van der Waals surface area contributed by atoms with Crippen molar-refractivity contribution in [2.75, 3.05) is 6.54 Å². The summed E-state index contributed by atoms with van der Waals surface area (Å²) in [6.07, 6.45) is 8.77. The van der Waals surface area contributed by atoms with Gasteiger partial charge in [-0.2, -0.15) is 5.26 Å². The molecule has 21 heavy (non-hydrogen) atoms. The normalized spacial score (nSPS) is 30.6. The second-order valence-electron chi connectivity index (χ2n) is 7.11. The molecule has 2 saturated carbocycles. The van der Waals surface area contributed by atoms with E-state index in [1.165, 1.54) is 37.7 Å². The third kappa shape index (κ3) is 2.72. The molecule has 1 aromatic carbocycles. The van der Waals surface area contributed by atoms with Crippen LogP contribution in [-0.2, 0) is 5.41 Å². The molecule has 0 aromatic heterocycles. The minimum Gasteiger partial charge on any atom is -0.313 e. The zero-order valence-corrected chi connectivity index (χ0v) is 13.1. The van der Waals surface area contributed by atoms with E-state index in [2.05, 4.69) is 30.4 Å². The van der Waals surface area contributed by atoms with E-state index >= 15 is 0 Å². The second kappa shape index (κ2) is 5.81. The lowest BCUT2D eigenvalue weighted by atomic mass is 9.62. The first-order valence-corrected chi connectivity index (χ1v) is 8.42. The van der Waals surface area contributed by atoms with E-state index in [1.54, 1.807) is 0 Å². The highest BCUT2D eigenvalue weighted by Gasteiger charge is 2.46. The standard InChI is InChI=1S/C19H26N2/c1-2-18(10-6-7-11-18)15-21-17-12-19(13-17,14-20)16-8-4-3-5-9-16/h3-5,8-9,17,21H,2,6-7,10-13,15H2,1H3. The summed E-state index contributed by atoms with van der Waals surface area (Å²) in [5.41, 5.74) is 1.49. The van der Waals surface area contributed by atoms with Crippen LogP contribution in [0.25, 0.3) is 0 Å². The first kappa shape index (κ1) is 14.6. The fourth-order valence-corrected chi connectivity index (χ4v) is 4.22. The summed E-state index contributed by atoms with van der Waals surface area (Å²) in [5, 5.41) is 13.4. The van der Waals surface area contributed by atoms with Crippen molar-refractivity contribution in [3.63, 3.8) is 0 Å². The van der Waals surface area contributed by atoms with Gasteiger partial charge in [0, 0.05) is 12.6 Å². The van der Waals surface area contributed by atoms with Crippen LogP contribution < -0.4 is 5.32 Å². The molecule has 0 saturated heterocycles. The van der Waals surface area contributed by atoms with Gasteiger partial charge in [0.15, 0.2) is 0 Å². The van der Waals surface area contributed by atoms with Crippen molar-refractivity contribution in [3.8, 4) is 6.07 Å². The quantitative estimate of drug-likeness (QED) is 0.879. The molecule has 2 aliphatic rings. The molecular formula is C19H26N2. The van der Waals surface area contributed by atoms with Crippen LogP contribution in [0.3, 0.4) is 0 Å². The number of hydrogen-bond donors (Lipinski definition) is 1. The van der Waals surface area contributed by atoms with Gasteiger partial charge in [-0.15, -0.1) is 0 Å². The summed E-state index contributed by atoms with van der Waals surface area (Å²) in [5.74, 6) is 0. The van der Waals surface area contributed by atoms with Crippen LogP contribution in [0.5, 0.6) is 0 Å². The molecule has 2 fully saturated rings. The molecule has 112 valence electrons. The molecule has 0 amide bonds. The number of nitrogens with zero attached hydrogens (tertiary/aromatic N) is 1. The van der Waals surface area contributed by atoms with Gasteiger partial charge in [-0.25, -0.2) is 0 Å². The predicted octanol–water partition coefficient (Wildman–Crippen LogP) is 4.17. The van der Waals surface area contributed by atoms with Crippen LogP contribution >= 0.6 is 0 Å². The first-order valence-electron chi connectivity index (χ1n) is 8.42. The minimum absolute atomic E-state index is 0.242. The SMILES string of the molecule is CCC1(CNC2CC(C#N)(c3ccccc3)C2)CCCC1. The molecule has 3 rings (SSSR count). The third-order valence-electron chi connectivity index (χ3n) is 5.91. The maximum absolute atomic E-state index is 9.61. The van der Waals surface area contributed by atoms with E-state index in [-0.39, 0.29) is 5.41 Å². The number of nitriles is 1. The van der Waals surface area contributed by atoms with Gasteiger partial charge in [-0.1, -0.05) is 50.1 Å². The lowest BCUT2D eigenvalue weighted by molar-refractivity contribution is 0.183. The van der Waals surface area contributed by atoms with Gasteiger partial charge < -0.3 is 5.32 Å². The van der Waals surface area contributed by atoms with Gasteiger partial charge in [0.2, 0.25) is 0 Å². The van der Waals surface area contributed by atoms with Gasteiger partial charge in [0.25, 0.3) is 0 Å². The highest BCUT2D eigenvalue weighted by atomic mass is 15.0. The minimum atomic E-state index is -0.242. The highest BCUT2D eigenvalue weighted by Crippen LogP contribution is 2.45. The van der Waals surface area contributed by atoms with Crippen LogP contribution in [0.4, 0.5) is 0 Å². The van der Waals surface area contributed by atoms with E-state index in [9.17, 15) is 5.26 Å². The third-order valence-corrected chi connectivity index (χ3v) is 5.91. The number of rotatable bonds is 5. The average molecular weight is 282 g/mol. The monoisotopic (exact) mass is 282 g/mol. The summed E-state index contributed by atoms with van der Waals surface area (Å²) in [6, 6.07) is 13.4. The van der Waals surface area contributed by atoms with Crippen LogP contribution in [0.2, 0.25) is 0 Å². The van der Waals surface area contributed by atoms with Gasteiger partial charge in [-0.05, 0) is 43.1 Å². The van der Waals surface area contributed by atoms with Crippen molar-refractivity contribution in [1.29, 1.82) is 5.26 Å². The van der Waals surface area contributed by atoms with E-state index in [0.29, 0.717) is 11.5 Å². The molecule has 2 aliphatic carbocycles. The Morgan fingerprint density at radius 3 is 2.43 bits per heavy atom. The lowest BCUT2D eigenvalue weighted by Crippen LogP contribution is -2.52. The van der Waals surface area contributed by atoms with Crippen molar-refractivity contribution in [2.45, 2.75) is 63.3 Å². The Hall–Kier alpha value is -1.33. The molecule has 0 unspecified atom stereocenters. The van der Waals surface area contributed by atoms with Crippen LogP contribution in [0.1, 0.15) is 57.4 Å². The fourth-order valence-electron chi connectivity index (χ4n) is 4.22. The molecule has 0 aliphatic heterocycles. The second-order valence-corrected chi connectivity index (χ2v) is 7.11. The van der Waals surface area contributed by atoms with E-state index in [0.717, 1.165) is 19.4 Å². The average Bonchev–Trinajstić information content (AvgIpc) is 2.97. The van der Waals surface area contributed by atoms with E-state index in [1.807, 2.05) is 18.2 Å². The molecule has 0 radical (unpaired) electrons. The molecule has 1 aromatic rings.